The Morgan fingerprint density at radius 3 is 2.05 bits per heavy atom. The van der Waals surface area contributed by atoms with Gasteiger partial charge in [0.05, 0.1) is 0 Å². The maximum atomic E-state index is 13.6. The van der Waals surface area contributed by atoms with E-state index in [9.17, 15) is 4.39 Å². The van der Waals surface area contributed by atoms with Crippen LogP contribution in [-0.2, 0) is 6.42 Å². The van der Waals surface area contributed by atoms with Crippen molar-refractivity contribution in [3.8, 4) is 0 Å². The van der Waals surface area contributed by atoms with Gasteiger partial charge in [-0.2, -0.15) is 0 Å². The molecule has 0 N–H and O–H groups in total. The molecule has 0 bridgehead atoms. The molecule has 0 heterocycles. The summed E-state index contributed by atoms with van der Waals surface area (Å²) in [6.45, 7) is 5.72. The number of aryl methyl sites for hydroxylation is 3. The van der Waals surface area contributed by atoms with E-state index in [1.54, 1.807) is 0 Å². The van der Waals surface area contributed by atoms with Crippen LogP contribution in [0.2, 0.25) is 0 Å². The van der Waals surface area contributed by atoms with Gasteiger partial charge in [-0.25, -0.2) is 4.39 Å². The van der Waals surface area contributed by atoms with Crippen molar-refractivity contribution in [2.24, 2.45) is 0 Å². The number of alkyl halides is 1. The van der Waals surface area contributed by atoms with Gasteiger partial charge in [-0.3, -0.25) is 0 Å². The Kier molecular flexibility index (Phi) is 4.41. The Labute approximate surface area is 122 Å². The minimum Gasteiger partial charge on any atom is -0.206 e. The van der Waals surface area contributed by atoms with Gasteiger partial charge in [0.1, 0.15) is 5.82 Å². The highest BCUT2D eigenvalue weighted by Crippen LogP contribution is 2.29. The van der Waals surface area contributed by atoms with Crippen LogP contribution in [0, 0.1) is 26.6 Å². The van der Waals surface area contributed by atoms with Crippen LogP contribution in [0.4, 0.5) is 4.39 Å². The Hall–Kier alpha value is -1.15. The van der Waals surface area contributed by atoms with Crippen LogP contribution < -0.4 is 0 Å². The van der Waals surface area contributed by atoms with E-state index in [0.717, 1.165) is 12.0 Å². The van der Waals surface area contributed by atoms with E-state index in [1.165, 1.54) is 11.1 Å². The highest BCUT2D eigenvalue weighted by molar-refractivity contribution is 9.09. The minimum absolute atomic E-state index is 0.0983. The summed E-state index contributed by atoms with van der Waals surface area (Å²) in [5.41, 5.74) is 5.11. The first-order chi connectivity index (χ1) is 8.97. The molecule has 0 saturated carbocycles. The van der Waals surface area contributed by atoms with E-state index < -0.39 is 0 Å². The highest BCUT2D eigenvalue weighted by atomic mass is 79.9. The van der Waals surface area contributed by atoms with Crippen molar-refractivity contribution < 1.29 is 4.39 Å². The largest absolute Gasteiger partial charge is 0.206 e. The monoisotopic (exact) mass is 320 g/mol. The zero-order valence-electron chi connectivity index (χ0n) is 11.5. The molecular formula is C17H18BrF. The molecule has 0 amide bonds. The molecule has 0 saturated heterocycles. The second-order valence-electron chi connectivity index (χ2n) is 5.13. The number of hydrogen-bond acceptors (Lipinski definition) is 0. The van der Waals surface area contributed by atoms with Gasteiger partial charge in [0.2, 0.25) is 0 Å². The second kappa shape index (κ2) is 5.87. The van der Waals surface area contributed by atoms with Crippen LogP contribution in [0.5, 0.6) is 0 Å². The number of halogens is 2. The number of rotatable bonds is 3. The van der Waals surface area contributed by atoms with Gasteiger partial charge in [-0.15, -0.1) is 0 Å². The summed E-state index contributed by atoms with van der Waals surface area (Å²) in [6, 6.07) is 12.4. The maximum Gasteiger partial charge on any atom is 0.129 e. The lowest BCUT2D eigenvalue weighted by atomic mass is 9.99. The molecule has 2 heteroatoms. The molecule has 0 aliphatic rings. The Bertz CT molecular complexity index is 549. The molecular weight excluding hydrogens is 303 g/mol. The van der Waals surface area contributed by atoms with Crippen molar-refractivity contribution in [2.45, 2.75) is 32.0 Å². The molecule has 100 valence electrons. The van der Waals surface area contributed by atoms with Crippen LogP contribution in [-0.4, -0.2) is 0 Å². The molecule has 19 heavy (non-hydrogen) atoms. The normalized spacial score (nSPS) is 12.5. The molecule has 0 aromatic heterocycles. The summed E-state index contributed by atoms with van der Waals surface area (Å²) in [4.78, 5) is 0.216. The van der Waals surface area contributed by atoms with Gasteiger partial charge < -0.3 is 0 Å². The van der Waals surface area contributed by atoms with Crippen molar-refractivity contribution in [2.75, 3.05) is 0 Å². The second-order valence-corrected chi connectivity index (χ2v) is 6.23. The molecule has 0 spiro atoms. The zero-order valence-corrected chi connectivity index (χ0v) is 13.1. The van der Waals surface area contributed by atoms with Crippen molar-refractivity contribution in [1.82, 2.24) is 0 Å². The molecule has 1 unspecified atom stereocenters. The molecule has 0 aliphatic carbocycles. The lowest BCUT2D eigenvalue weighted by molar-refractivity contribution is 0.608. The van der Waals surface area contributed by atoms with Crippen molar-refractivity contribution >= 4 is 15.9 Å². The van der Waals surface area contributed by atoms with E-state index in [-0.39, 0.29) is 10.6 Å². The molecule has 1 atom stereocenters. The van der Waals surface area contributed by atoms with Crippen LogP contribution in [0.1, 0.15) is 32.6 Å². The average molecular weight is 321 g/mol. The van der Waals surface area contributed by atoms with Gasteiger partial charge in [-0.1, -0.05) is 57.9 Å². The number of benzene rings is 2. The van der Waals surface area contributed by atoms with Gasteiger partial charge in [0.15, 0.2) is 0 Å². The summed E-state index contributed by atoms with van der Waals surface area (Å²) >= 11 is 3.71. The Morgan fingerprint density at radius 2 is 1.53 bits per heavy atom. The predicted molar refractivity (Wildman–Crippen MR) is 82.4 cm³/mol. The van der Waals surface area contributed by atoms with Crippen molar-refractivity contribution in [3.05, 3.63) is 70.0 Å². The number of hydrogen-bond donors (Lipinski definition) is 0. The van der Waals surface area contributed by atoms with Crippen LogP contribution in [0.3, 0.4) is 0 Å². The Balaban J connectivity index is 2.20. The van der Waals surface area contributed by atoms with Gasteiger partial charge in [0.25, 0.3) is 0 Å². The fourth-order valence-corrected chi connectivity index (χ4v) is 2.85. The molecule has 2 aromatic carbocycles. The van der Waals surface area contributed by atoms with Gasteiger partial charge in [-0.05, 0) is 49.4 Å². The topological polar surface area (TPSA) is 0 Å². The lowest BCUT2D eigenvalue weighted by Gasteiger charge is -2.13. The summed E-state index contributed by atoms with van der Waals surface area (Å²) in [6.07, 6.45) is 0.908. The summed E-state index contributed by atoms with van der Waals surface area (Å²) in [5, 5.41) is 0. The van der Waals surface area contributed by atoms with E-state index >= 15 is 0 Å². The maximum absolute atomic E-state index is 13.6. The molecule has 0 fully saturated rings. The van der Waals surface area contributed by atoms with E-state index in [4.69, 9.17) is 0 Å². The SMILES string of the molecule is Cc1ccc(CC(Br)c2cc(C)c(F)c(C)c2)cc1. The third-order valence-corrected chi connectivity index (χ3v) is 4.21. The third-order valence-electron chi connectivity index (χ3n) is 3.36. The highest BCUT2D eigenvalue weighted by Gasteiger charge is 2.12. The minimum atomic E-state index is -0.0983. The van der Waals surface area contributed by atoms with E-state index in [0.29, 0.717) is 11.1 Å². The van der Waals surface area contributed by atoms with E-state index in [1.807, 2.05) is 26.0 Å². The smallest absolute Gasteiger partial charge is 0.129 e. The quantitative estimate of drug-likeness (QED) is 0.661. The standard InChI is InChI=1S/C17H18BrF/c1-11-4-6-14(7-5-11)10-16(18)15-8-12(2)17(19)13(3)9-15/h4-9,16H,10H2,1-3H3. The molecule has 2 rings (SSSR count). The molecule has 0 aliphatic heterocycles. The molecule has 2 aromatic rings. The van der Waals surface area contributed by atoms with Crippen LogP contribution in [0.15, 0.2) is 36.4 Å². The van der Waals surface area contributed by atoms with E-state index in [2.05, 4.69) is 47.1 Å². The summed E-state index contributed by atoms with van der Waals surface area (Å²) in [7, 11) is 0. The first kappa shape index (κ1) is 14.3. The summed E-state index contributed by atoms with van der Waals surface area (Å²) < 4.78 is 13.6. The fraction of sp³-hybridized carbons (Fsp3) is 0.294. The van der Waals surface area contributed by atoms with Gasteiger partial charge in [0, 0.05) is 4.83 Å². The molecule has 0 radical (unpaired) electrons. The lowest BCUT2D eigenvalue weighted by Crippen LogP contribution is -1.99. The fourth-order valence-electron chi connectivity index (χ4n) is 2.21. The predicted octanol–water partition coefficient (Wildman–Crippen LogP) is 5.43. The Morgan fingerprint density at radius 1 is 1.00 bits per heavy atom. The molecule has 0 nitrogen and oxygen atoms in total. The average Bonchev–Trinajstić information content (AvgIpc) is 2.38. The first-order valence-electron chi connectivity index (χ1n) is 6.43. The summed E-state index contributed by atoms with van der Waals surface area (Å²) in [5.74, 6) is -0.0983. The zero-order chi connectivity index (χ0) is 14.0. The van der Waals surface area contributed by atoms with Gasteiger partial charge >= 0.3 is 0 Å². The third kappa shape index (κ3) is 3.44. The van der Waals surface area contributed by atoms with Crippen molar-refractivity contribution in [3.63, 3.8) is 0 Å². The van der Waals surface area contributed by atoms with Crippen LogP contribution in [0.25, 0.3) is 0 Å². The van der Waals surface area contributed by atoms with Crippen molar-refractivity contribution in [1.29, 1.82) is 0 Å². The van der Waals surface area contributed by atoms with Crippen LogP contribution >= 0.6 is 15.9 Å². The first-order valence-corrected chi connectivity index (χ1v) is 7.35.